The van der Waals surface area contributed by atoms with Crippen LogP contribution in [0.4, 0.5) is 4.39 Å². The Bertz CT molecular complexity index is 601. The maximum Gasteiger partial charge on any atom is 0.309 e. The number of hydrogen-bond acceptors (Lipinski definition) is 6. The van der Waals surface area contributed by atoms with Crippen molar-refractivity contribution >= 4 is 17.7 Å². The second kappa shape index (κ2) is 7.21. The largest absolute Gasteiger partial charge is 0.469 e. The molecule has 0 aliphatic carbocycles. The van der Waals surface area contributed by atoms with Crippen LogP contribution in [0, 0.1) is 11.7 Å². The summed E-state index contributed by atoms with van der Waals surface area (Å²) in [6.45, 7) is 1.80. The van der Waals surface area contributed by atoms with Gasteiger partial charge in [-0.3, -0.25) is 4.79 Å². The van der Waals surface area contributed by atoms with E-state index in [-0.39, 0.29) is 17.7 Å². The standard InChI is InChI=1S/C14H15FN2O3S/c1-9(14(18)19-2)7-21-8-12-16-13(17-20-12)10-3-5-11(15)6-4-10/h3-6,9H,7-8H2,1-2H3/t9-/m0/s1. The van der Waals surface area contributed by atoms with E-state index in [2.05, 4.69) is 14.9 Å². The molecule has 1 aromatic carbocycles. The molecule has 0 spiro atoms. The van der Waals surface area contributed by atoms with Gasteiger partial charge in [-0.05, 0) is 24.3 Å². The van der Waals surface area contributed by atoms with Crippen LogP contribution in [0.25, 0.3) is 11.4 Å². The number of benzene rings is 1. The van der Waals surface area contributed by atoms with E-state index in [0.717, 1.165) is 0 Å². The fourth-order valence-electron chi connectivity index (χ4n) is 1.62. The number of aromatic nitrogens is 2. The molecule has 1 heterocycles. The van der Waals surface area contributed by atoms with E-state index in [0.29, 0.717) is 28.8 Å². The summed E-state index contributed by atoms with van der Waals surface area (Å²) in [7, 11) is 1.37. The lowest BCUT2D eigenvalue weighted by Gasteiger charge is -2.06. The van der Waals surface area contributed by atoms with Gasteiger partial charge in [-0.2, -0.15) is 16.7 Å². The summed E-state index contributed by atoms with van der Waals surface area (Å²) >= 11 is 1.51. The van der Waals surface area contributed by atoms with Crippen molar-refractivity contribution in [3.05, 3.63) is 36.0 Å². The number of rotatable bonds is 6. The molecule has 0 bridgehead atoms. The van der Waals surface area contributed by atoms with Gasteiger partial charge < -0.3 is 9.26 Å². The molecule has 0 amide bonds. The topological polar surface area (TPSA) is 65.2 Å². The van der Waals surface area contributed by atoms with Crippen molar-refractivity contribution in [1.82, 2.24) is 10.1 Å². The van der Waals surface area contributed by atoms with E-state index in [1.807, 2.05) is 0 Å². The molecule has 0 unspecified atom stereocenters. The Morgan fingerprint density at radius 3 is 2.81 bits per heavy atom. The maximum absolute atomic E-state index is 12.8. The van der Waals surface area contributed by atoms with Crippen LogP contribution in [0.2, 0.25) is 0 Å². The first-order valence-electron chi connectivity index (χ1n) is 6.34. The van der Waals surface area contributed by atoms with Crippen molar-refractivity contribution in [2.45, 2.75) is 12.7 Å². The van der Waals surface area contributed by atoms with Gasteiger partial charge >= 0.3 is 5.97 Å². The van der Waals surface area contributed by atoms with E-state index >= 15 is 0 Å². The van der Waals surface area contributed by atoms with Crippen LogP contribution in [0.5, 0.6) is 0 Å². The quantitative estimate of drug-likeness (QED) is 0.764. The van der Waals surface area contributed by atoms with E-state index < -0.39 is 0 Å². The fraction of sp³-hybridized carbons (Fsp3) is 0.357. The number of nitrogens with zero attached hydrogens (tertiary/aromatic N) is 2. The highest BCUT2D eigenvalue weighted by atomic mass is 32.2. The Morgan fingerprint density at radius 2 is 2.14 bits per heavy atom. The van der Waals surface area contributed by atoms with Crippen LogP contribution < -0.4 is 0 Å². The van der Waals surface area contributed by atoms with Gasteiger partial charge in [0.1, 0.15) is 5.82 Å². The molecule has 112 valence electrons. The lowest BCUT2D eigenvalue weighted by molar-refractivity contribution is -0.143. The van der Waals surface area contributed by atoms with E-state index in [1.54, 1.807) is 19.1 Å². The van der Waals surface area contributed by atoms with Gasteiger partial charge in [0.05, 0.1) is 18.8 Å². The minimum absolute atomic E-state index is 0.181. The number of halogens is 1. The molecule has 1 aromatic heterocycles. The van der Waals surface area contributed by atoms with Crippen LogP contribution in [0.3, 0.4) is 0 Å². The van der Waals surface area contributed by atoms with Gasteiger partial charge in [-0.1, -0.05) is 12.1 Å². The molecule has 1 atom stereocenters. The zero-order valence-electron chi connectivity index (χ0n) is 11.7. The number of esters is 1. The Labute approximate surface area is 125 Å². The molecule has 21 heavy (non-hydrogen) atoms. The third kappa shape index (κ3) is 4.29. The van der Waals surface area contributed by atoms with Gasteiger partial charge in [-0.15, -0.1) is 0 Å². The number of thioether (sulfide) groups is 1. The maximum atomic E-state index is 12.8. The number of ether oxygens (including phenoxy) is 1. The molecule has 0 radical (unpaired) electrons. The lowest BCUT2D eigenvalue weighted by Crippen LogP contribution is -2.14. The highest BCUT2D eigenvalue weighted by molar-refractivity contribution is 7.98. The molecule has 0 aliphatic heterocycles. The predicted molar refractivity (Wildman–Crippen MR) is 77.0 cm³/mol. The first kappa shape index (κ1) is 15.5. The SMILES string of the molecule is COC(=O)[C@@H](C)CSCc1nc(-c2ccc(F)cc2)no1. The van der Waals surface area contributed by atoms with Gasteiger partial charge in [-0.25, -0.2) is 4.39 Å². The summed E-state index contributed by atoms with van der Waals surface area (Å²) < 4.78 is 22.6. The van der Waals surface area contributed by atoms with Crippen molar-refractivity contribution < 1.29 is 18.4 Å². The smallest absolute Gasteiger partial charge is 0.309 e. The minimum atomic E-state index is -0.310. The molecule has 0 saturated carbocycles. The van der Waals surface area contributed by atoms with Gasteiger partial charge in [0, 0.05) is 11.3 Å². The van der Waals surface area contributed by atoms with Crippen LogP contribution >= 0.6 is 11.8 Å². The molecular weight excluding hydrogens is 295 g/mol. The summed E-state index contributed by atoms with van der Waals surface area (Å²) in [5, 5.41) is 3.85. The van der Waals surface area contributed by atoms with Crippen molar-refractivity contribution in [2.24, 2.45) is 5.92 Å². The number of methoxy groups -OCH3 is 1. The fourth-order valence-corrected chi connectivity index (χ4v) is 2.52. The molecule has 0 saturated heterocycles. The highest BCUT2D eigenvalue weighted by Gasteiger charge is 2.14. The number of carbonyl (C=O) groups is 1. The summed E-state index contributed by atoms with van der Waals surface area (Å²) in [6, 6.07) is 5.88. The number of hydrogen-bond donors (Lipinski definition) is 0. The Hall–Kier alpha value is -1.89. The molecule has 5 nitrogen and oxygen atoms in total. The van der Waals surface area contributed by atoms with E-state index in [4.69, 9.17) is 4.52 Å². The monoisotopic (exact) mass is 310 g/mol. The molecule has 0 N–H and O–H groups in total. The van der Waals surface area contributed by atoms with E-state index in [1.165, 1.54) is 31.0 Å². The first-order valence-corrected chi connectivity index (χ1v) is 7.49. The van der Waals surface area contributed by atoms with Gasteiger partial charge in [0.25, 0.3) is 0 Å². The molecule has 2 rings (SSSR count). The average molecular weight is 310 g/mol. The molecule has 0 fully saturated rings. The van der Waals surface area contributed by atoms with Crippen molar-refractivity contribution in [1.29, 1.82) is 0 Å². The Kier molecular flexibility index (Phi) is 5.32. The van der Waals surface area contributed by atoms with Crippen molar-refractivity contribution in [3.8, 4) is 11.4 Å². The normalized spacial score (nSPS) is 12.1. The third-order valence-corrected chi connectivity index (χ3v) is 3.95. The summed E-state index contributed by atoms with van der Waals surface area (Å²) in [5.41, 5.74) is 0.694. The Morgan fingerprint density at radius 1 is 1.43 bits per heavy atom. The molecule has 2 aromatic rings. The van der Waals surface area contributed by atoms with Crippen LogP contribution in [-0.2, 0) is 15.3 Å². The lowest BCUT2D eigenvalue weighted by atomic mass is 10.2. The van der Waals surface area contributed by atoms with E-state index in [9.17, 15) is 9.18 Å². The van der Waals surface area contributed by atoms with Gasteiger partial charge in [0.2, 0.25) is 11.7 Å². The average Bonchev–Trinajstić information content (AvgIpc) is 2.95. The summed E-state index contributed by atoms with van der Waals surface area (Å²) in [4.78, 5) is 15.5. The third-order valence-electron chi connectivity index (χ3n) is 2.77. The summed E-state index contributed by atoms with van der Waals surface area (Å²) in [5.74, 6) is 1.29. The zero-order chi connectivity index (χ0) is 15.2. The van der Waals surface area contributed by atoms with Crippen LogP contribution in [-0.4, -0.2) is 29.0 Å². The first-order chi connectivity index (χ1) is 10.1. The Balaban J connectivity index is 1.89. The zero-order valence-corrected chi connectivity index (χ0v) is 12.5. The van der Waals surface area contributed by atoms with Crippen molar-refractivity contribution in [3.63, 3.8) is 0 Å². The predicted octanol–water partition coefficient (Wildman–Crippen LogP) is 2.92. The second-order valence-electron chi connectivity index (χ2n) is 4.46. The molecular formula is C14H15FN2O3S. The van der Waals surface area contributed by atoms with Crippen LogP contribution in [0.15, 0.2) is 28.8 Å². The second-order valence-corrected chi connectivity index (χ2v) is 5.49. The molecule has 0 aliphatic rings. The number of carbonyl (C=O) groups excluding carboxylic acids is 1. The van der Waals surface area contributed by atoms with Gasteiger partial charge in [0.15, 0.2) is 0 Å². The molecule has 7 heteroatoms. The highest BCUT2D eigenvalue weighted by Crippen LogP contribution is 2.19. The minimum Gasteiger partial charge on any atom is -0.469 e. The summed E-state index contributed by atoms with van der Waals surface area (Å²) in [6.07, 6.45) is 0. The van der Waals surface area contributed by atoms with Crippen molar-refractivity contribution in [2.75, 3.05) is 12.9 Å². The van der Waals surface area contributed by atoms with Crippen LogP contribution in [0.1, 0.15) is 12.8 Å².